The van der Waals surface area contributed by atoms with Crippen molar-refractivity contribution in [2.75, 3.05) is 0 Å². The van der Waals surface area contributed by atoms with Crippen LogP contribution in [-0.4, -0.2) is 10.9 Å². The number of pyridine rings is 1. The van der Waals surface area contributed by atoms with Gasteiger partial charge in [0, 0.05) is 28.5 Å². The van der Waals surface area contributed by atoms with E-state index in [4.69, 9.17) is 16.3 Å². The summed E-state index contributed by atoms with van der Waals surface area (Å²) in [5, 5.41) is 0.677. The molecule has 0 N–H and O–H groups in total. The number of allylic oxidation sites excluding steroid dienone is 1. The molecule has 4 nitrogen and oxygen atoms in total. The molecule has 1 aliphatic rings. The zero-order valence-electron chi connectivity index (χ0n) is 15.1. The van der Waals surface area contributed by atoms with Gasteiger partial charge in [-0.1, -0.05) is 35.9 Å². The van der Waals surface area contributed by atoms with Gasteiger partial charge >= 0.3 is 0 Å². The summed E-state index contributed by atoms with van der Waals surface area (Å²) in [7, 11) is 0. The number of carbonyl (C=O) groups is 1. The summed E-state index contributed by atoms with van der Waals surface area (Å²) >= 11 is 5.88. The van der Waals surface area contributed by atoms with E-state index in [9.17, 15) is 9.59 Å². The first-order valence-electron chi connectivity index (χ1n) is 9.01. The van der Waals surface area contributed by atoms with E-state index < -0.39 is 0 Å². The number of nitrogens with zero attached hydrogens (tertiary/aromatic N) is 1. The Balaban J connectivity index is 1.53. The molecule has 28 heavy (non-hydrogen) atoms. The van der Waals surface area contributed by atoms with Crippen molar-refractivity contribution in [3.8, 4) is 5.75 Å². The zero-order chi connectivity index (χ0) is 19.5. The molecule has 2 aromatic carbocycles. The maximum Gasteiger partial charge on any atom is 0.258 e. The van der Waals surface area contributed by atoms with E-state index in [1.54, 1.807) is 22.9 Å². The van der Waals surface area contributed by atoms with Crippen LogP contribution in [-0.2, 0) is 13.0 Å². The van der Waals surface area contributed by atoms with Crippen molar-refractivity contribution in [2.45, 2.75) is 19.4 Å². The molecule has 0 radical (unpaired) electrons. The fraction of sp³-hybridized carbons (Fsp3) is 0.130. The summed E-state index contributed by atoms with van der Waals surface area (Å²) in [4.78, 5) is 23.5. The van der Waals surface area contributed by atoms with Gasteiger partial charge in [-0.05, 0) is 59.9 Å². The number of benzene rings is 2. The first kappa shape index (κ1) is 18.3. The lowest BCUT2D eigenvalue weighted by Crippen LogP contribution is -2.19. The highest BCUT2D eigenvalue weighted by molar-refractivity contribution is 6.30. The molecule has 0 fully saturated rings. The van der Waals surface area contributed by atoms with Crippen molar-refractivity contribution < 1.29 is 9.53 Å². The van der Waals surface area contributed by atoms with Gasteiger partial charge in [0.2, 0.25) is 0 Å². The molecule has 0 bridgehead atoms. The molecular weight excluding hydrogens is 374 g/mol. The van der Waals surface area contributed by atoms with Crippen LogP contribution in [0.5, 0.6) is 5.75 Å². The van der Waals surface area contributed by atoms with Crippen LogP contribution in [0.4, 0.5) is 0 Å². The Morgan fingerprint density at radius 3 is 2.61 bits per heavy atom. The van der Waals surface area contributed by atoms with Crippen molar-refractivity contribution in [1.82, 2.24) is 4.57 Å². The number of hydrogen-bond acceptors (Lipinski definition) is 3. The monoisotopic (exact) mass is 391 g/mol. The molecule has 1 heterocycles. The van der Waals surface area contributed by atoms with E-state index in [2.05, 4.69) is 0 Å². The first-order valence-corrected chi connectivity index (χ1v) is 9.39. The minimum Gasteiger partial charge on any atom is -0.489 e. The highest BCUT2D eigenvalue weighted by atomic mass is 35.5. The van der Waals surface area contributed by atoms with E-state index in [0.29, 0.717) is 22.9 Å². The van der Waals surface area contributed by atoms with Gasteiger partial charge in [-0.15, -0.1) is 0 Å². The molecule has 0 aliphatic heterocycles. The van der Waals surface area contributed by atoms with Crippen LogP contribution in [0.2, 0.25) is 5.02 Å². The summed E-state index contributed by atoms with van der Waals surface area (Å²) in [5.41, 5.74) is 4.63. The van der Waals surface area contributed by atoms with Gasteiger partial charge < -0.3 is 4.74 Å². The molecule has 3 aromatic rings. The van der Waals surface area contributed by atoms with Crippen LogP contribution < -0.4 is 10.3 Å². The summed E-state index contributed by atoms with van der Waals surface area (Å²) < 4.78 is 7.37. The zero-order valence-corrected chi connectivity index (χ0v) is 15.9. The number of halogens is 1. The lowest BCUT2D eigenvalue weighted by Gasteiger charge is -2.18. The van der Waals surface area contributed by atoms with Crippen LogP contribution in [0, 0.1) is 0 Å². The molecule has 4 rings (SSSR count). The molecule has 140 valence electrons. The van der Waals surface area contributed by atoms with E-state index in [1.165, 1.54) is 6.07 Å². The topological polar surface area (TPSA) is 48.3 Å². The minimum absolute atomic E-state index is 0.132. The Hall–Kier alpha value is -3.11. The van der Waals surface area contributed by atoms with Crippen LogP contribution >= 0.6 is 11.6 Å². The SMILES string of the molecule is O=Cc1ccc2c(c1)CCC(n1ccc(OCc3ccc(Cl)cc3)cc1=O)=C2. The van der Waals surface area contributed by atoms with Crippen molar-refractivity contribution >= 4 is 29.7 Å². The fourth-order valence-corrected chi connectivity index (χ4v) is 3.42. The Morgan fingerprint density at radius 2 is 1.86 bits per heavy atom. The normalized spacial score (nSPS) is 12.8. The third-order valence-corrected chi connectivity index (χ3v) is 5.05. The van der Waals surface area contributed by atoms with Gasteiger partial charge in [0.05, 0.1) is 0 Å². The van der Waals surface area contributed by atoms with Crippen molar-refractivity contribution in [3.05, 3.63) is 98.4 Å². The summed E-state index contributed by atoms with van der Waals surface area (Å²) in [6.07, 6.45) is 6.14. The molecule has 1 aromatic heterocycles. The molecule has 0 saturated heterocycles. The largest absolute Gasteiger partial charge is 0.489 e. The second-order valence-corrected chi connectivity index (χ2v) is 7.13. The summed E-state index contributed by atoms with van der Waals surface area (Å²) in [6, 6.07) is 16.3. The second-order valence-electron chi connectivity index (χ2n) is 6.70. The Labute approximate surface area is 167 Å². The minimum atomic E-state index is -0.132. The van der Waals surface area contributed by atoms with Gasteiger partial charge in [0.25, 0.3) is 5.56 Å². The maximum absolute atomic E-state index is 12.6. The molecule has 5 heteroatoms. The molecule has 0 spiro atoms. The number of fused-ring (bicyclic) bond motifs is 1. The third-order valence-electron chi connectivity index (χ3n) is 4.79. The van der Waals surface area contributed by atoms with Crippen molar-refractivity contribution in [3.63, 3.8) is 0 Å². The predicted octanol–water partition coefficient (Wildman–Crippen LogP) is 4.84. The number of hydrogen-bond donors (Lipinski definition) is 0. The van der Waals surface area contributed by atoms with E-state index >= 15 is 0 Å². The Kier molecular flexibility index (Phi) is 5.13. The lowest BCUT2D eigenvalue weighted by atomic mass is 9.93. The van der Waals surface area contributed by atoms with Gasteiger partial charge in [-0.3, -0.25) is 14.2 Å². The van der Waals surface area contributed by atoms with Crippen molar-refractivity contribution in [2.24, 2.45) is 0 Å². The smallest absolute Gasteiger partial charge is 0.258 e. The predicted molar refractivity (Wildman–Crippen MR) is 111 cm³/mol. The average molecular weight is 392 g/mol. The number of ether oxygens (including phenoxy) is 1. The van der Waals surface area contributed by atoms with Crippen LogP contribution in [0.1, 0.15) is 33.5 Å². The number of aldehydes is 1. The molecule has 0 saturated carbocycles. The van der Waals surface area contributed by atoms with Gasteiger partial charge in [-0.25, -0.2) is 0 Å². The van der Waals surface area contributed by atoms with Crippen LogP contribution in [0.25, 0.3) is 11.8 Å². The second kappa shape index (κ2) is 7.87. The van der Waals surface area contributed by atoms with E-state index in [1.807, 2.05) is 42.5 Å². The van der Waals surface area contributed by atoms with Gasteiger partial charge in [0.15, 0.2) is 0 Å². The van der Waals surface area contributed by atoms with Gasteiger partial charge in [0.1, 0.15) is 18.6 Å². The Bertz CT molecular complexity index is 1110. The lowest BCUT2D eigenvalue weighted by molar-refractivity contribution is 0.112. The highest BCUT2D eigenvalue weighted by Crippen LogP contribution is 2.27. The quantitative estimate of drug-likeness (QED) is 0.585. The summed E-state index contributed by atoms with van der Waals surface area (Å²) in [5.74, 6) is 0.531. The first-order chi connectivity index (χ1) is 13.6. The maximum atomic E-state index is 12.6. The van der Waals surface area contributed by atoms with E-state index in [0.717, 1.165) is 41.5 Å². The summed E-state index contributed by atoms with van der Waals surface area (Å²) in [6.45, 7) is 0.371. The number of aryl methyl sites for hydroxylation is 1. The molecule has 1 aliphatic carbocycles. The van der Waals surface area contributed by atoms with Crippen molar-refractivity contribution in [1.29, 1.82) is 0 Å². The molecular formula is C23H18ClNO3. The average Bonchev–Trinajstić information content (AvgIpc) is 2.72. The Morgan fingerprint density at radius 1 is 1.04 bits per heavy atom. The molecule has 0 amide bonds. The fourth-order valence-electron chi connectivity index (χ4n) is 3.30. The molecule has 0 atom stereocenters. The standard InChI is InChI=1S/C23H18ClNO3/c24-20-6-2-16(3-7-20)15-28-22-9-10-25(23(27)13-22)21-8-5-18-11-17(14-26)1-4-19(18)12-21/h1-4,6-7,9-14H,5,8,15H2. The number of rotatable bonds is 5. The van der Waals surface area contributed by atoms with Crippen LogP contribution in [0.15, 0.2) is 65.6 Å². The van der Waals surface area contributed by atoms with Crippen LogP contribution in [0.3, 0.4) is 0 Å². The van der Waals surface area contributed by atoms with E-state index in [-0.39, 0.29) is 5.56 Å². The number of carbonyl (C=O) groups excluding carboxylic acids is 1. The highest BCUT2D eigenvalue weighted by Gasteiger charge is 2.13. The molecule has 0 unspecified atom stereocenters. The number of aromatic nitrogens is 1. The van der Waals surface area contributed by atoms with Gasteiger partial charge in [-0.2, -0.15) is 0 Å². The third kappa shape index (κ3) is 3.92.